The smallest absolute Gasteiger partial charge is 0.344 e. The number of nitrogens with zero attached hydrogens (tertiary/aromatic N) is 3. The first-order chi connectivity index (χ1) is 17.5. The van der Waals surface area contributed by atoms with Gasteiger partial charge >= 0.3 is 5.97 Å². The average Bonchev–Trinajstić information content (AvgIpc) is 3.20. The molecule has 0 atom stereocenters. The fourth-order valence-corrected chi connectivity index (χ4v) is 4.12. The van der Waals surface area contributed by atoms with Crippen LogP contribution in [-0.4, -0.2) is 40.1 Å². The molecule has 0 aliphatic carbocycles. The Kier molecular flexibility index (Phi) is 6.26. The number of rotatable bonds is 6. The monoisotopic (exact) mass is 500 g/mol. The SMILES string of the molecule is CCOC(=O)c1c(NC(=O)c2ccc(Cl)cc2)n(-c2ccccc2OC)c2nc3ccccc3nc12. The Bertz CT molecular complexity index is 1610. The van der Waals surface area contributed by atoms with E-state index in [-0.39, 0.29) is 18.0 Å². The number of methoxy groups -OCH3 is 1. The molecule has 0 saturated heterocycles. The van der Waals surface area contributed by atoms with Crippen LogP contribution in [0.3, 0.4) is 0 Å². The number of fused-ring (bicyclic) bond motifs is 2. The van der Waals surface area contributed by atoms with Crippen molar-refractivity contribution in [2.45, 2.75) is 6.92 Å². The van der Waals surface area contributed by atoms with Gasteiger partial charge in [0.2, 0.25) is 0 Å². The number of carbonyl (C=O) groups excluding carboxylic acids is 2. The van der Waals surface area contributed by atoms with Crippen molar-refractivity contribution < 1.29 is 19.1 Å². The van der Waals surface area contributed by atoms with E-state index in [1.807, 2.05) is 42.5 Å². The van der Waals surface area contributed by atoms with Gasteiger partial charge in [0.25, 0.3) is 5.91 Å². The Morgan fingerprint density at radius 3 is 2.31 bits per heavy atom. The summed E-state index contributed by atoms with van der Waals surface area (Å²) in [6.45, 7) is 1.86. The Morgan fingerprint density at radius 1 is 0.944 bits per heavy atom. The Morgan fingerprint density at radius 2 is 1.61 bits per heavy atom. The molecule has 0 radical (unpaired) electrons. The van der Waals surface area contributed by atoms with Gasteiger partial charge in [-0.05, 0) is 55.5 Å². The summed E-state index contributed by atoms with van der Waals surface area (Å²) in [6.07, 6.45) is 0. The minimum atomic E-state index is -0.632. The molecule has 0 fully saturated rings. The van der Waals surface area contributed by atoms with E-state index < -0.39 is 11.9 Å². The van der Waals surface area contributed by atoms with E-state index in [0.717, 1.165) is 0 Å². The third-order valence-electron chi connectivity index (χ3n) is 5.61. The zero-order valence-electron chi connectivity index (χ0n) is 19.5. The maximum absolute atomic E-state index is 13.3. The largest absolute Gasteiger partial charge is 0.495 e. The minimum Gasteiger partial charge on any atom is -0.495 e. The van der Waals surface area contributed by atoms with E-state index in [4.69, 9.17) is 31.0 Å². The van der Waals surface area contributed by atoms with Crippen molar-refractivity contribution >= 4 is 51.5 Å². The number of amides is 1. The van der Waals surface area contributed by atoms with Gasteiger partial charge in [-0.3, -0.25) is 9.36 Å². The molecule has 5 rings (SSSR count). The fraction of sp³-hybridized carbons (Fsp3) is 0.111. The highest BCUT2D eigenvalue weighted by molar-refractivity contribution is 6.30. The van der Waals surface area contributed by atoms with Crippen LogP contribution in [0.5, 0.6) is 5.75 Å². The lowest BCUT2D eigenvalue weighted by atomic mass is 10.2. The van der Waals surface area contributed by atoms with Gasteiger partial charge in [0.1, 0.15) is 22.6 Å². The van der Waals surface area contributed by atoms with Crippen LogP contribution in [0, 0.1) is 0 Å². The van der Waals surface area contributed by atoms with Crippen LogP contribution in [0.4, 0.5) is 5.82 Å². The fourth-order valence-electron chi connectivity index (χ4n) is 3.99. The van der Waals surface area contributed by atoms with E-state index in [2.05, 4.69) is 5.32 Å². The van der Waals surface area contributed by atoms with Crippen molar-refractivity contribution in [2.75, 3.05) is 19.0 Å². The molecule has 36 heavy (non-hydrogen) atoms. The molecule has 1 N–H and O–H groups in total. The summed E-state index contributed by atoms with van der Waals surface area (Å²) in [4.78, 5) is 36.1. The van der Waals surface area contributed by atoms with Crippen LogP contribution in [0.25, 0.3) is 27.9 Å². The average molecular weight is 501 g/mol. The third kappa shape index (κ3) is 4.12. The van der Waals surface area contributed by atoms with Gasteiger partial charge in [-0.2, -0.15) is 0 Å². The van der Waals surface area contributed by atoms with Crippen LogP contribution >= 0.6 is 11.6 Å². The lowest BCUT2D eigenvalue weighted by molar-refractivity contribution is 0.0529. The second-order valence-corrected chi connectivity index (χ2v) is 8.23. The number of anilines is 1. The standard InChI is InChI=1S/C27H21ClN4O4/c1-3-36-27(34)22-23-25(30-19-9-5-4-8-18(19)29-23)32(20-10-6-7-11-21(20)35-2)24(22)31-26(33)16-12-14-17(28)15-13-16/h4-15H,3H2,1-2H3,(H,31,33). The van der Waals surface area contributed by atoms with Crippen molar-refractivity contribution in [1.29, 1.82) is 0 Å². The maximum atomic E-state index is 13.3. The van der Waals surface area contributed by atoms with Gasteiger partial charge in [-0.15, -0.1) is 0 Å². The molecule has 3 aromatic carbocycles. The van der Waals surface area contributed by atoms with Gasteiger partial charge in [0.15, 0.2) is 5.65 Å². The molecule has 0 unspecified atom stereocenters. The maximum Gasteiger partial charge on any atom is 0.344 e. The van der Waals surface area contributed by atoms with Crippen LogP contribution in [-0.2, 0) is 4.74 Å². The second kappa shape index (κ2) is 9.67. The van der Waals surface area contributed by atoms with Crippen LogP contribution < -0.4 is 10.1 Å². The van der Waals surface area contributed by atoms with Crippen molar-refractivity contribution in [3.05, 3.63) is 88.9 Å². The normalized spacial score (nSPS) is 11.0. The molecule has 0 saturated carbocycles. The summed E-state index contributed by atoms with van der Waals surface area (Å²) >= 11 is 5.99. The Balaban J connectivity index is 1.84. The highest BCUT2D eigenvalue weighted by Gasteiger charge is 2.29. The number of esters is 1. The number of carbonyl (C=O) groups is 2. The number of hydrogen-bond acceptors (Lipinski definition) is 6. The highest BCUT2D eigenvalue weighted by atomic mass is 35.5. The van der Waals surface area contributed by atoms with Crippen molar-refractivity contribution in [3.63, 3.8) is 0 Å². The molecule has 0 spiro atoms. The van der Waals surface area contributed by atoms with Gasteiger partial charge in [0, 0.05) is 10.6 Å². The molecule has 2 aromatic heterocycles. The first kappa shape index (κ1) is 23.3. The van der Waals surface area contributed by atoms with Crippen LogP contribution in [0.15, 0.2) is 72.8 Å². The predicted octanol–water partition coefficient (Wildman–Crippen LogP) is 5.66. The number of para-hydroxylation sites is 4. The Labute approximate surface area is 211 Å². The third-order valence-corrected chi connectivity index (χ3v) is 5.86. The quantitative estimate of drug-likeness (QED) is 0.302. The number of aromatic nitrogens is 3. The van der Waals surface area contributed by atoms with Gasteiger partial charge < -0.3 is 14.8 Å². The second-order valence-electron chi connectivity index (χ2n) is 7.80. The summed E-state index contributed by atoms with van der Waals surface area (Å²) in [5.74, 6) is -0.391. The number of halogens is 1. The molecule has 2 heterocycles. The number of nitrogens with one attached hydrogen (secondary N) is 1. The van der Waals surface area contributed by atoms with E-state index in [9.17, 15) is 9.59 Å². The zero-order valence-corrected chi connectivity index (χ0v) is 20.2. The molecule has 1 amide bonds. The lowest BCUT2D eigenvalue weighted by Crippen LogP contribution is -2.18. The lowest BCUT2D eigenvalue weighted by Gasteiger charge is -2.15. The zero-order chi connectivity index (χ0) is 25.2. The van der Waals surface area contributed by atoms with Crippen LogP contribution in [0.2, 0.25) is 5.02 Å². The van der Waals surface area contributed by atoms with Crippen molar-refractivity contribution in [2.24, 2.45) is 0 Å². The van der Waals surface area contributed by atoms with Crippen molar-refractivity contribution in [1.82, 2.24) is 14.5 Å². The first-order valence-corrected chi connectivity index (χ1v) is 11.6. The van der Waals surface area contributed by atoms with Crippen LogP contribution in [0.1, 0.15) is 27.6 Å². The molecule has 8 nitrogen and oxygen atoms in total. The van der Waals surface area contributed by atoms with Gasteiger partial charge in [-0.1, -0.05) is 35.9 Å². The van der Waals surface area contributed by atoms with E-state index in [0.29, 0.717) is 44.2 Å². The van der Waals surface area contributed by atoms with Gasteiger partial charge in [-0.25, -0.2) is 14.8 Å². The highest BCUT2D eigenvalue weighted by Crippen LogP contribution is 2.36. The molecular weight excluding hydrogens is 480 g/mol. The summed E-state index contributed by atoms with van der Waals surface area (Å²) in [5.41, 5.74) is 2.91. The van der Waals surface area contributed by atoms with Gasteiger partial charge in [0.05, 0.1) is 30.4 Å². The number of ether oxygens (including phenoxy) is 2. The molecule has 5 aromatic rings. The molecular formula is C27H21ClN4O4. The summed E-state index contributed by atoms with van der Waals surface area (Å²) in [6, 6.07) is 21.0. The van der Waals surface area contributed by atoms with E-state index in [1.54, 1.807) is 48.9 Å². The first-order valence-electron chi connectivity index (χ1n) is 11.2. The summed E-state index contributed by atoms with van der Waals surface area (Å²) < 4.78 is 12.6. The molecule has 180 valence electrons. The summed E-state index contributed by atoms with van der Waals surface area (Å²) in [5, 5.41) is 3.39. The predicted molar refractivity (Wildman–Crippen MR) is 138 cm³/mol. The number of benzene rings is 3. The topological polar surface area (TPSA) is 95.3 Å². The minimum absolute atomic E-state index is 0.0957. The Hall–Kier alpha value is -4.43. The number of hydrogen-bond donors (Lipinski definition) is 1. The molecule has 0 aliphatic rings. The molecule has 0 bridgehead atoms. The van der Waals surface area contributed by atoms with E-state index >= 15 is 0 Å². The molecule has 0 aliphatic heterocycles. The van der Waals surface area contributed by atoms with E-state index in [1.165, 1.54) is 0 Å². The summed E-state index contributed by atoms with van der Waals surface area (Å²) in [7, 11) is 1.55. The molecule has 9 heteroatoms. The van der Waals surface area contributed by atoms with Crippen molar-refractivity contribution in [3.8, 4) is 11.4 Å².